The molecule has 0 amide bonds. The Morgan fingerprint density at radius 2 is 2.00 bits per heavy atom. The summed E-state index contributed by atoms with van der Waals surface area (Å²) in [4.78, 5) is 16.6. The maximum atomic E-state index is 12.3. The Morgan fingerprint density at radius 1 is 1.38 bits per heavy atom. The van der Waals surface area contributed by atoms with E-state index in [1.165, 1.54) is 0 Å². The van der Waals surface area contributed by atoms with Crippen LogP contribution < -0.4 is 4.74 Å². The molecule has 0 aliphatic heterocycles. The predicted molar refractivity (Wildman–Crippen MR) is 87.6 cm³/mol. The van der Waals surface area contributed by atoms with Gasteiger partial charge >= 0.3 is 0 Å². The second-order valence-electron chi connectivity index (χ2n) is 6.49. The van der Waals surface area contributed by atoms with Crippen molar-refractivity contribution in [1.82, 2.24) is 4.98 Å². The number of carbonyl (C=O) groups is 1. The van der Waals surface area contributed by atoms with Crippen molar-refractivity contribution in [3.63, 3.8) is 0 Å². The minimum absolute atomic E-state index is 0.0916. The van der Waals surface area contributed by atoms with Gasteiger partial charge in [-0.05, 0) is 24.6 Å². The third-order valence-electron chi connectivity index (χ3n) is 3.23. The number of methoxy groups -OCH3 is 1. The van der Waals surface area contributed by atoms with Crippen molar-refractivity contribution in [2.24, 2.45) is 5.41 Å². The molecular weight excluding hydrogens is 282 g/mol. The molecule has 4 nitrogen and oxygen atoms in total. The summed E-state index contributed by atoms with van der Waals surface area (Å²) in [6.45, 7) is 12.5. The Balaban J connectivity index is 3.50. The minimum atomic E-state index is -1.29. The largest absolute Gasteiger partial charge is 0.481 e. The third kappa shape index (κ3) is 4.38. The number of pyridine rings is 1. The highest BCUT2D eigenvalue weighted by molar-refractivity contribution is 6.48. The zero-order chi connectivity index (χ0) is 16.2. The van der Waals surface area contributed by atoms with Gasteiger partial charge in [-0.15, -0.1) is 0 Å². The number of hydrogen-bond acceptors (Lipinski definition) is 4. The second kappa shape index (κ2) is 7.18. The van der Waals surface area contributed by atoms with E-state index in [2.05, 4.69) is 38.8 Å². The van der Waals surface area contributed by atoms with Crippen LogP contribution in [-0.4, -0.2) is 26.9 Å². The van der Waals surface area contributed by atoms with Crippen LogP contribution in [0.5, 0.6) is 5.88 Å². The minimum Gasteiger partial charge on any atom is -0.481 e. The SMILES string of the molecule is CCC(=O)c1ccnc(OC)c1C(O[SiH](C)C)C(C)(C)C. The van der Waals surface area contributed by atoms with E-state index in [-0.39, 0.29) is 17.3 Å². The summed E-state index contributed by atoms with van der Waals surface area (Å²) in [5, 5.41) is 0. The van der Waals surface area contributed by atoms with Crippen molar-refractivity contribution < 1.29 is 14.0 Å². The first kappa shape index (κ1) is 17.8. The topological polar surface area (TPSA) is 48.4 Å². The Bertz CT molecular complexity index is 495. The molecule has 1 heterocycles. The number of rotatable bonds is 6. The summed E-state index contributed by atoms with van der Waals surface area (Å²) in [6, 6.07) is 1.77. The summed E-state index contributed by atoms with van der Waals surface area (Å²) >= 11 is 0. The van der Waals surface area contributed by atoms with E-state index >= 15 is 0 Å². The van der Waals surface area contributed by atoms with Gasteiger partial charge in [0.25, 0.3) is 0 Å². The highest BCUT2D eigenvalue weighted by Crippen LogP contribution is 2.42. The van der Waals surface area contributed by atoms with Crippen LogP contribution in [0.4, 0.5) is 0 Å². The van der Waals surface area contributed by atoms with Crippen LogP contribution in [0.2, 0.25) is 13.1 Å². The Kier molecular flexibility index (Phi) is 6.10. The number of Topliss-reactive ketones (excluding diaryl/α,β-unsaturated/α-hetero) is 1. The molecule has 0 bridgehead atoms. The van der Waals surface area contributed by atoms with Crippen molar-refractivity contribution >= 4 is 14.8 Å². The van der Waals surface area contributed by atoms with Crippen LogP contribution in [0.3, 0.4) is 0 Å². The molecular formula is C16H27NO3Si. The molecule has 0 saturated heterocycles. The number of ether oxygens (including phenoxy) is 1. The van der Waals surface area contributed by atoms with Crippen LogP contribution in [0.25, 0.3) is 0 Å². The molecule has 5 heteroatoms. The summed E-state index contributed by atoms with van der Waals surface area (Å²) in [5.74, 6) is 0.581. The molecule has 1 aromatic heterocycles. The summed E-state index contributed by atoms with van der Waals surface area (Å²) in [6.07, 6.45) is 1.88. The van der Waals surface area contributed by atoms with Crippen molar-refractivity contribution in [3.05, 3.63) is 23.4 Å². The predicted octanol–water partition coefficient (Wildman–Crippen LogP) is 3.77. The molecule has 0 aliphatic rings. The lowest BCUT2D eigenvalue weighted by atomic mass is 9.82. The first-order valence-corrected chi connectivity index (χ1v) is 10.2. The first-order chi connectivity index (χ1) is 9.72. The van der Waals surface area contributed by atoms with E-state index in [1.54, 1.807) is 19.4 Å². The number of ketones is 1. The van der Waals surface area contributed by atoms with Crippen LogP contribution in [0, 0.1) is 5.41 Å². The molecule has 1 atom stereocenters. The zero-order valence-corrected chi connectivity index (χ0v) is 15.3. The molecule has 118 valence electrons. The lowest BCUT2D eigenvalue weighted by Crippen LogP contribution is -2.28. The molecule has 0 aliphatic carbocycles. The highest BCUT2D eigenvalue weighted by atomic mass is 28.3. The molecule has 1 unspecified atom stereocenters. The maximum absolute atomic E-state index is 12.3. The van der Waals surface area contributed by atoms with Crippen molar-refractivity contribution in [1.29, 1.82) is 0 Å². The Morgan fingerprint density at radius 3 is 2.43 bits per heavy atom. The third-order valence-corrected chi connectivity index (χ3v) is 4.04. The lowest BCUT2D eigenvalue weighted by Gasteiger charge is -2.34. The van der Waals surface area contributed by atoms with Gasteiger partial charge < -0.3 is 9.16 Å². The van der Waals surface area contributed by atoms with Gasteiger partial charge in [0.1, 0.15) is 0 Å². The normalized spacial score (nSPS) is 13.3. The summed E-state index contributed by atoms with van der Waals surface area (Å²) < 4.78 is 11.7. The van der Waals surface area contributed by atoms with Gasteiger partial charge in [-0.2, -0.15) is 0 Å². The van der Waals surface area contributed by atoms with E-state index < -0.39 is 9.04 Å². The van der Waals surface area contributed by atoms with Crippen molar-refractivity contribution in [2.45, 2.75) is 53.3 Å². The number of nitrogens with zero attached hydrogens (tertiary/aromatic N) is 1. The van der Waals surface area contributed by atoms with E-state index in [4.69, 9.17) is 9.16 Å². The molecule has 0 aromatic carbocycles. The van der Waals surface area contributed by atoms with Crippen molar-refractivity contribution in [3.8, 4) is 5.88 Å². The second-order valence-corrected chi connectivity index (χ2v) is 8.86. The Labute approximate surface area is 129 Å². The smallest absolute Gasteiger partial charge is 0.219 e. The fourth-order valence-electron chi connectivity index (χ4n) is 2.28. The zero-order valence-electron chi connectivity index (χ0n) is 14.2. The molecule has 0 spiro atoms. The van der Waals surface area contributed by atoms with Gasteiger partial charge in [0.15, 0.2) is 14.8 Å². The average molecular weight is 309 g/mol. The van der Waals surface area contributed by atoms with Crippen LogP contribution in [0.15, 0.2) is 12.3 Å². The first-order valence-electron chi connectivity index (χ1n) is 7.43. The van der Waals surface area contributed by atoms with Gasteiger partial charge in [0.05, 0.1) is 18.8 Å². The van der Waals surface area contributed by atoms with E-state index in [0.29, 0.717) is 17.9 Å². The van der Waals surface area contributed by atoms with Crippen LogP contribution in [-0.2, 0) is 4.43 Å². The van der Waals surface area contributed by atoms with Crippen molar-refractivity contribution in [2.75, 3.05) is 7.11 Å². The fraction of sp³-hybridized carbons (Fsp3) is 0.625. The van der Waals surface area contributed by atoms with Crippen LogP contribution in [0.1, 0.15) is 56.1 Å². The van der Waals surface area contributed by atoms with Gasteiger partial charge in [-0.1, -0.05) is 27.7 Å². The molecule has 0 fully saturated rings. The molecule has 1 aromatic rings. The molecule has 0 radical (unpaired) electrons. The van der Waals surface area contributed by atoms with E-state index in [9.17, 15) is 4.79 Å². The van der Waals surface area contributed by atoms with Crippen LogP contribution >= 0.6 is 0 Å². The van der Waals surface area contributed by atoms with E-state index in [1.807, 2.05) is 6.92 Å². The molecule has 0 N–H and O–H groups in total. The maximum Gasteiger partial charge on any atom is 0.219 e. The van der Waals surface area contributed by atoms with E-state index in [0.717, 1.165) is 5.56 Å². The highest BCUT2D eigenvalue weighted by Gasteiger charge is 2.34. The summed E-state index contributed by atoms with van der Waals surface area (Å²) in [7, 11) is 0.297. The number of aromatic nitrogens is 1. The van der Waals surface area contributed by atoms with Gasteiger partial charge in [-0.25, -0.2) is 4.98 Å². The average Bonchev–Trinajstić information content (AvgIpc) is 2.41. The Hall–Kier alpha value is -1.20. The standard InChI is InChI=1S/C16H27NO3Si/c1-8-12(18)11-9-10-17-15(19-5)13(11)14(16(2,3)4)20-21(6)7/h9-10,14,21H,8H2,1-7H3. The summed E-state index contributed by atoms with van der Waals surface area (Å²) in [5.41, 5.74) is 1.32. The van der Waals surface area contributed by atoms with Gasteiger partial charge in [0, 0.05) is 18.2 Å². The number of carbonyl (C=O) groups excluding carboxylic acids is 1. The fourth-order valence-corrected chi connectivity index (χ4v) is 3.37. The molecule has 1 rings (SSSR count). The monoisotopic (exact) mass is 309 g/mol. The van der Waals surface area contributed by atoms with Gasteiger partial charge in [0.2, 0.25) is 5.88 Å². The number of hydrogen-bond donors (Lipinski definition) is 0. The molecule has 0 saturated carbocycles. The lowest BCUT2D eigenvalue weighted by molar-refractivity contribution is 0.0802. The quantitative estimate of drug-likeness (QED) is 0.593. The molecule has 21 heavy (non-hydrogen) atoms. The van der Waals surface area contributed by atoms with Gasteiger partial charge in [-0.3, -0.25) is 4.79 Å².